The van der Waals surface area contributed by atoms with E-state index >= 15 is 0 Å². The minimum absolute atomic E-state index is 0.159. The minimum atomic E-state index is -0.559. The Morgan fingerprint density at radius 2 is 1.79 bits per heavy atom. The SMILES string of the molecule is COc1ccc(-c2noc(C(=O)NCCNC(=O)COc3ccc(Cl)c(C)c3)n2)cc1OC. The number of hydrogen-bond acceptors (Lipinski definition) is 8. The van der Waals surface area contributed by atoms with Crippen LogP contribution < -0.4 is 24.8 Å². The number of methoxy groups -OCH3 is 2. The Labute approximate surface area is 195 Å². The van der Waals surface area contributed by atoms with Crippen molar-refractivity contribution < 1.29 is 28.3 Å². The molecule has 0 aliphatic rings. The number of aromatic nitrogens is 2. The third kappa shape index (κ3) is 6.36. The molecule has 0 aliphatic heterocycles. The van der Waals surface area contributed by atoms with Crippen molar-refractivity contribution in [3.63, 3.8) is 0 Å². The highest BCUT2D eigenvalue weighted by atomic mass is 35.5. The van der Waals surface area contributed by atoms with Crippen molar-refractivity contribution in [2.75, 3.05) is 33.9 Å². The van der Waals surface area contributed by atoms with Gasteiger partial charge in [0.15, 0.2) is 18.1 Å². The largest absolute Gasteiger partial charge is 0.493 e. The Hall–Kier alpha value is -3.79. The smallest absolute Gasteiger partial charge is 0.316 e. The molecule has 11 heteroatoms. The molecule has 174 valence electrons. The first-order valence-corrected chi connectivity index (χ1v) is 10.3. The van der Waals surface area contributed by atoms with Crippen LogP contribution in [-0.4, -0.2) is 55.9 Å². The number of ether oxygens (including phenoxy) is 3. The number of aryl methyl sites for hydroxylation is 1. The van der Waals surface area contributed by atoms with E-state index in [1.165, 1.54) is 14.2 Å². The molecule has 0 unspecified atom stereocenters. The first kappa shape index (κ1) is 23.9. The number of benzene rings is 2. The highest BCUT2D eigenvalue weighted by Gasteiger charge is 2.17. The Morgan fingerprint density at radius 3 is 2.52 bits per heavy atom. The summed E-state index contributed by atoms with van der Waals surface area (Å²) in [4.78, 5) is 28.2. The number of nitrogens with zero attached hydrogens (tertiary/aromatic N) is 2. The van der Waals surface area contributed by atoms with Crippen molar-refractivity contribution in [1.29, 1.82) is 0 Å². The van der Waals surface area contributed by atoms with Crippen molar-refractivity contribution in [3.05, 3.63) is 52.9 Å². The first-order valence-electron chi connectivity index (χ1n) is 9.91. The minimum Gasteiger partial charge on any atom is -0.493 e. The van der Waals surface area contributed by atoms with Crippen LogP contribution in [0, 0.1) is 6.92 Å². The molecule has 2 amide bonds. The summed E-state index contributed by atoms with van der Waals surface area (Å²) >= 11 is 5.96. The van der Waals surface area contributed by atoms with Gasteiger partial charge < -0.3 is 29.4 Å². The topological polar surface area (TPSA) is 125 Å². The van der Waals surface area contributed by atoms with Crippen molar-refractivity contribution >= 4 is 23.4 Å². The number of amides is 2. The van der Waals surface area contributed by atoms with Gasteiger partial charge in [0.2, 0.25) is 5.82 Å². The summed E-state index contributed by atoms with van der Waals surface area (Å²) in [5.74, 6) is 0.732. The van der Waals surface area contributed by atoms with Crippen LogP contribution in [0.1, 0.15) is 16.2 Å². The van der Waals surface area contributed by atoms with Crippen LogP contribution in [0.15, 0.2) is 40.9 Å². The molecule has 0 fully saturated rings. The van der Waals surface area contributed by atoms with Crippen molar-refractivity contribution in [1.82, 2.24) is 20.8 Å². The van der Waals surface area contributed by atoms with E-state index in [1.54, 1.807) is 36.4 Å². The lowest BCUT2D eigenvalue weighted by Crippen LogP contribution is -2.36. The maximum atomic E-state index is 12.2. The molecule has 1 heterocycles. The number of nitrogens with one attached hydrogen (secondary N) is 2. The fourth-order valence-electron chi connectivity index (χ4n) is 2.77. The summed E-state index contributed by atoms with van der Waals surface area (Å²) in [6, 6.07) is 10.2. The van der Waals surface area contributed by atoms with Crippen LogP contribution in [0.4, 0.5) is 0 Å². The molecule has 0 atom stereocenters. The van der Waals surface area contributed by atoms with Gasteiger partial charge in [-0.05, 0) is 48.9 Å². The van der Waals surface area contributed by atoms with E-state index in [0.717, 1.165) is 5.56 Å². The van der Waals surface area contributed by atoms with E-state index in [0.29, 0.717) is 27.8 Å². The Balaban J connectivity index is 1.43. The lowest BCUT2D eigenvalue weighted by atomic mass is 10.2. The highest BCUT2D eigenvalue weighted by Crippen LogP contribution is 2.31. The lowest BCUT2D eigenvalue weighted by Gasteiger charge is -2.09. The molecule has 0 saturated heterocycles. The zero-order chi connectivity index (χ0) is 23.8. The molecule has 2 aromatic carbocycles. The highest BCUT2D eigenvalue weighted by molar-refractivity contribution is 6.31. The summed E-state index contributed by atoms with van der Waals surface area (Å²) in [5.41, 5.74) is 1.45. The van der Waals surface area contributed by atoms with E-state index in [1.807, 2.05) is 6.92 Å². The average Bonchev–Trinajstić information content (AvgIpc) is 3.32. The Morgan fingerprint density at radius 1 is 1.03 bits per heavy atom. The van der Waals surface area contributed by atoms with Gasteiger partial charge in [-0.3, -0.25) is 9.59 Å². The van der Waals surface area contributed by atoms with Crippen molar-refractivity contribution in [3.8, 4) is 28.6 Å². The second kappa shape index (κ2) is 11.2. The van der Waals surface area contributed by atoms with Crippen LogP contribution in [0.3, 0.4) is 0 Å². The molecular weight excluding hydrogens is 452 g/mol. The van der Waals surface area contributed by atoms with Gasteiger partial charge in [0, 0.05) is 23.7 Å². The third-order valence-corrected chi connectivity index (χ3v) is 4.92. The predicted octanol–water partition coefficient (Wildman–Crippen LogP) is 2.64. The van der Waals surface area contributed by atoms with Gasteiger partial charge in [0.1, 0.15) is 5.75 Å². The monoisotopic (exact) mass is 474 g/mol. The number of hydrogen-bond donors (Lipinski definition) is 2. The lowest BCUT2D eigenvalue weighted by molar-refractivity contribution is -0.123. The van der Waals surface area contributed by atoms with Crippen LogP contribution in [0.2, 0.25) is 5.02 Å². The van der Waals surface area contributed by atoms with Gasteiger partial charge >= 0.3 is 11.8 Å². The number of rotatable bonds is 10. The molecule has 0 bridgehead atoms. The summed E-state index contributed by atoms with van der Waals surface area (Å²) in [5, 5.41) is 9.69. The van der Waals surface area contributed by atoms with E-state index in [4.69, 9.17) is 30.3 Å². The molecule has 1 aromatic heterocycles. The maximum Gasteiger partial charge on any atom is 0.316 e. The standard InChI is InChI=1S/C22H23ClN4O6/c1-13-10-15(5-6-16(13)23)32-12-19(28)24-8-9-25-21(29)22-26-20(27-33-22)14-4-7-17(30-2)18(11-14)31-3/h4-7,10-11H,8-9,12H2,1-3H3,(H,24,28)(H,25,29). The fraction of sp³-hybridized carbons (Fsp3) is 0.273. The van der Waals surface area contributed by atoms with Gasteiger partial charge in [-0.2, -0.15) is 4.98 Å². The molecule has 33 heavy (non-hydrogen) atoms. The van der Waals surface area contributed by atoms with Crippen LogP contribution in [0.25, 0.3) is 11.4 Å². The van der Waals surface area contributed by atoms with E-state index < -0.39 is 5.91 Å². The molecule has 0 aliphatic carbocycles. The zero-order valence-corrected chi connectivity index (χ0v) is 19.1. The van der Waals surface area contributed by atoms with Crippen LogP contribution in [0.5, 0.6) is 17.2 Å². The number of carbonyl (C=O) groups excluding carboxylic acids is 2. The Bertz CT molecular complexity index is 1130. The van der Waals surface area contributed by atoms with E-state index in [2.05, 4.69) is 20.8 Å². The van der Waals surface area contributed by atoms with Crippen molar-refractivity contribution in [2.24, 2.45) is 0 Å². The maximum absolute atomic E-state index is 12.2. The number of carbonyl (C=O) groups is 2. The molecular formula is C22H23ClN4O6. The average molecular weight is 475 g/mol. The van der Waals surface area contributed by atoms with E-state index in [9.17, 15) is 9.59 Å². The second-order valence-corrected chi connectivity index (χ2v) is 7.21. The second-order valence-electron chi connectivity index (χ2n) is 6.80. The number of halogens is 1. The normalized spacial score (nSPS) is 10.4. The summed E-state index contributed by atoms with van der Waals surface area (Å²) < 4.78 is 20.9. The Kier molecular flexibility index (Phi) is 8.09. The van der Waals surface area contributed by atoms with Gasteiger partial charge in [0.25, 0.3) is 5.91 Å². The molecule has 10 nitrogen and oxygen atoms in total. The van der Waals surface area contributed by atoms with E-state index in [-0.39, 0.29) is 37.3 Å². The summed E-state index contributed by atoms with van der Waals surface area (Å²) in [6.45, 7) is 2.05. The van der Waals surface area contributed by atoms with Gasteiger partial charge in [-0.1, -0.05) is 16.8 Å². The third-order valence-electron chi connectivity index (χ3n) is 4.49. The molecule has 0 radical (unpaired) electrons. The molecule has 0 saturated carbocycles. The molecule has 3 aromatic rings. The van der Waals surface area contributed by atoms with Crippen molar-refractivity contribution in [2.45, 2.75) is 6.92 Å². The summed E-state index contributed by atoms with van der Waals surface area (Å²) in [6.07, 6.45) is 0. The summed E-state index contributed by atoms with van der Waals surface area (Å²) in [7, 11) is 3.05. The quantitative estimate of drug-likeness (QED) is 0.430. The van der Waals surface area contributed by atoms with Gasteiger partial charge in [-0.15, -0.1) is 0 Å². The van der Waals surface area contributed by atoms with Crippen LogP contribution in [-0.2, 0) is 4.79 Å². The zero-order valence-electron chi connectivity index (χ0n) is 18.3. The molecule has 3 rings (SSSR count). The predicted molar refractivity (Wildman–Crippen MR) is 120 cm³/mol. The molecule has 2 N–H and O–H groups in total. The van der Waals surface area contributed by atoms with Gasteiger partial charge in [0.05, 0.1) is 14.2 Å². The fourth-order valence-corrected chi connectivity index (χ4v) is 2.89. The van der Waals surface area contributed by atoms with Crippen LogP contribution >= 0.6 is 11.6 Å². The molecule has 0 spiro atoms. The first-order chi connectivity index (χ1) is 15.9. The van der Waals surface area contributed by atoms with Gasteiger partial charge in [-0.25, -0.2) is 0 Å².